The molecule has 92 valence electrons. The Kier molecular flexibility index (Phi) is 3.41. The quantitative estimate of drug-likeness (QED) is 0.366. The first kappa shape index (κ1) is 12.7. The molecule has 0 unspecified atom stereocenters. The number of aromatic nitrogens is 2. The van der Waals surface area contributed by atoms with Crippen LogP contribution in [0.3, 0.4) is 0 Å². The van der Waals surface area contributed by atoms with E-state index in [-0.39, 0.29) is 17.0 Å². The average Bonchev–Trinajstić information content (AvgIpc) is 2.75. The molecule has 6 nitrogen and oxygen atoms in total. The molecule has 0 aliphatic heterocycles. The number of Topliss-reactive ketones (excluding diaryl/α,β-unsaturated/α-hetero) is 1. The van der Waals surface area contributed by atoms with Crippen molar-refractivity contribution in [3.8, 4) is 5.69 Å². The van der Waals surface area contributed by atoms with E-state index >= 15 is 0 Å². The summed E-state index contributed by atoms with van der Waals surface area (Å²) >= 11 is 2.10. The number of ketones is 1. The first-order valence-corrected chi connectivity index (χ1v) is 6.07. The summed E-state index contributed by atoms with van der Waals surface area (Å²) in [6, 6.07) is 4.43. The highest BCUT2D eigenvalue weighted by Gasteiger charge is 2.18. The van der Waals surface area contributed by atoms with Crippen molar-refractivity contribution in [2.75, 3.05) is 0 Å². The Bertz CT molecular complexity index is 636. The first-order valence-electron chi connectivity index (χ1n) is 4.99. The molecule has 7 heteroatoms. The predicted molar refractivity (Wildman–Crippen MR) is 72.9 cm³/mol. The van der Waals surface area contributed by atoms with Gasteiger partial charge in [0.2, 0.25) is 0 Å². The van der Waals surface area contributed by atoms with Crippen LogP contribution in [0.5, 0.6) is 0 Å². The third-order valence-corrected chi connectivity index (χ3v) is 2.93. The molecule has 2 aromatic rings. The zero-order chi connectivity index (χ0) is 13.3. The van der Waals surface area contributed by atoms with Gasteiger partial charge in [-0.25, -0.2) is 4.68 Å². The second kappa shape index (κ2) is 4.84. The summed E-state index contributed by atoms with van der Waals surface area (Å²) in [5.41, 5.74) is 0.450. The number of benzene rings is 1. The minimum Gasteiger partial charge on any atom is -0.294 e. The van der Waals surface area contributed by atoms with Crippen molar-refractivity contribution in [2.24, 2.45) is 0 Å². The Morgan fingerprint density at radius 3 is 2.72 bits per heavy atom. The Morgan fingerprint density at radius 2 is 2.22 bits per heavy atom. The Hall–Kier alpha value is -1.77. The van der Waals surface area contributed by atoms with Crippen molar-refractivity contribution in [1.29, 1.82) is 0 Å². The third kappa shape index (κ3) is 2.40. The second-order valence-corrected chi connectivity index (χ2v) is 4.86. The standard InChI is InChI=1S/C11H8IN3O3/c1-7(16)10-3-2-9(4-11(10)15(17)18)14-6-8(12)5-13-14/h2-6H,1H3. The van der Waals surface area contributed by atoms with Crippen molar-refractivity contribution in [1.82, 2.24) is 9.78 Å². The summed E-state index contributed by atoms with van der Waals surface area (Å²) in [5, 5.41) is 15.0. The lowest BCUT2D eigenvalue weighted by atomic mass is 10.1. The van der Waals surface area contributed by atoms with Gasteiger partial charge in [0.05, 0.1) is 25.9 Å². The van der Waals surface area contributed by atoms with E-state index in [4.69, 9.17) is 0 Å². The van der Waals surface area contributed by atoms with Crippen LogP contribution in [0.4, 0.5) is 5.69 Å². The summed E-state index contributed by atoms with van der Waals surface area (Å²) in [6.45, 7) is 1.30. The van der Waals surface area contributed by atoms with Gasteiger partial charge < -0.3 is 0 Å². The normalized spacial score (nSPS) is 10.3. The van der Waals surface area contributed by atoms with E-state index in [1.807, 2.05) is 0 Å². The van der Waals surface area contributed by atoms with Crippen molar-refractivity contribution in [3.05, 3.63) is 49.8 Å². The van der Waals surface area contributed by atoms with Crippen LogP contribution in [0.15, 0.2) is 30.6 Å². The molecule has 0 radical (unpaired) electrons. The molecule has 18 heavy (non-hydrogen) atoms. The van der Waals surface area contributed by atoms with Crippen molar-refractivity contribution < 1.29 is 9.72 Å². The maximum absolute atomic E-state index is 11.3. The van der Waals surface area contributed by atoms with Crippen molar-refractivity contribution >= 4 is 34.1 Å². The molecule has 0 N–H and O–H groups in total. The Balaban J connectivity index is 2.56. The van der Waals surface area contributed by atoms with Crippen molar-refractivity contribution in [2.45, 2.75) is 6.92 Å². The molecule has 1 heterocycles. The van der Waals surface area contributed by atoms with Crippen LogP contribution in [0.2, 0.25) is 0 Å². The molecule has 0 saturated carbocycles. The summed E-state index contributed by atoms with van der Waals surface area (Å²) in [4.78, 5) is 21.7. The van der Waals surface area contributed by atoms with Crippen LogP contribution < -0.4 is 0 Å². The minimum absolute atomic E-state index is 0.102. The van der Waals surface area contributed by atoms with Gasteiger partial charge in [0.1, 0.15) is 0 Å². The number of rotatable bonds is 3. The Labute approximate surface area is 116 Å². The van der Waals surface area contributed by atoms with E-state index in [0.717, 1.165) is 3.57 Å². The second-order valence-electron chi connectivity index (χ2n) is 3.62. The molecule has 0 atom stereocenters. The number of nitro benzene ring substituents is 1. The van der Waals surface area contributed by atoms with Crippen LogP contribution in [0, 0.1) is 13.7 Å². The van der Waals surface area contributed by atoms with Crippen LogP contribution in [0.1, 0.15) is 17.3 Å². The maximum atomic E-state index is 11.3. The molecule has 0 saturated heterocycles. The van der Waals surface area contributed by atoms with E-state index in [1.54, 1.807) is 18.5 Å². The zero-order valence-corrected chi connectivity index (χ0v) is 11.5. The van der Waals surface area contributed by atoms with E-state index in [0.29, 0.717) is 5.69 Å². The van der Waals surface area contributed by atoms with Gasteiger partial charge in [0, 0.05) is 12.3 Å². The lowest BCUT2D eigenvalue weighted by Gasteiger charge is -2.03. The third-order valence-electron chi connectivity index (χ3n) is 2.37. The summed E-state index contributed by atoms with van der Waals surface area (Å²) < 4.78 is 2.45. The first-order chi connectivity index (χ1) is 8.49. The topological polar surface area (TPSA) is 78.0 Å². The molecule has 1 aromatic heterocycles. The molecule has 0 bridgehead atoms. The van der Waals surface area contributed by atoms with Crippen LogP contribution in [-0.2, 0) is 0 Å². The van der Waals surface area contributed by atoms with Gasteiger partial charge in [0.25, 0.3) is 5.69 Å². The van der Waals surface area contributed by atoms with Gasteiger partial charge in [-0.2, -0.15) is 5.10 Å². The highest BCUT2D eigenvalue weighted by molar-refractivity contribution is 14.1. The van der Waals surface area contributed by atoms with Gasteiger partial charge in [0.15, 0.2) is 5.78 Å². The van der Waals surface area contributed by atoms with Crippen LogP contribution in [-0.4, -0.2) is 20.5 Å². The summed E-state index contributed by atoms with van der Waals surface area (Å²) in [7, 11) is 0. The fraction of sp³-hybridized carbons (Fsp3) is 0.0909. The number of hydrogen-bond donors (Lipinski definition) is 0. The number of carbonyl (C=O) groups is 1. The molecule has 0 aliphatic rings. The number of halogens is 1. The van der Waals surface area contributed by atoms with Crippen LogP contribution in [0.25, 0.3) is 5.69 Å². The molecule has 0 amide bonds. The van der Waals surface area contributed by atoms with Gasteiger partial charge in [-0.05, 0) is 41.6 Å². The van der Waals surface area contributed by atoms with Gasteiger partial charge >= 0.3 is 0 Å². The highest BCUT2D eigenvalue weighted by atomic mass is 127. The van der Waals surface area contributed by atoms with E-state index in [9.17, 15) is 14.9 Å². The summed E-state index contributed by atoms with van der Waals surface area (Å²) in [6.07, 6.45) is 3.39. The zero-order valence-electron chi connectivity index (χ0n) is 9.33. The predicted octanol–water partition coefficient (Wildman–Crippen LogP) is 2.59. The van der Waals surface area contributed by atoms with Gasteiger partial charge in [-0.1, -0.05) is 0 Å². The number of carbonyl (C=O) groups excluding carboxylic acids is 1. The van der Waals surface area contributed by atoms with Crippen LogP contribution >= 0.6 is 22.6 Å². The largest absolute Gasteiger partial charge is 0.294 e. The lowest BCUT2D eigenvalue weighted by Crippen LogP contribution is -2.03. The number of nitro groups is 1. The molecule has 0 spiro atoms. The molecule has 1 aromatic carbocycles. The number of hydrogen-bond acceptors (Lipinski definition) is 4. The van der Waals surface area contributed by atoms with E-state index in [1.165, 1.54) is 23.7 Å². The molecule has 2 rings (SSSR count). The van der Waals surface area contributed by atoms with E-state index in [2.05, 4.69) is 27.7 Å². The lowest BCUT2D eigenvalue weighted by molar-refractivity contribution is -0.385. The molecular weight excluding hydrogens is 349 g/mol. The number of nitrogens with zero attached hydrogens (tertiary/aromatic N) is 3. The van der Waals surface area contributed by atoms with Gasteiger partial charge in [-0.3, -0.25) is 14.9 Å². The highest BCUT2D eigenvalue weighted by Crippen LogP contribution is 2.23. The minimum atomic E-state index is -0.561. The monoisotopic (exact) mass is 357 g/mol. The molecule has 0 fully saturated rings. The van der Waals surface area contributed by atoms with Crippen molar-refractivity contribution in [3.63, 3.8) is 0 Å². The Morgan fingerprint density at radius 1 is 1.50 bits per heavy atom. The SMILES string of the molecule is CC(=O)c1ccc(-n2cc(I)cn2)cc1[N+](=O)[O-]. The fourth-order valence-corrected chi connectivity index (χ4v) is 1.94. The van der Waals surface area contributed by atoms with Gasteiger partial charge in [-0.15, -0.1) is 0 Å². The smallest absolute Gasteiger partial charge is 0.282 e. The fourth-order valence-electron chi connectivity index (χ4n) is 1.55. The average molecular weight is 357 g/mol. The molecular formula is C11H8IN3O3. The maximum Gasteiger partial charge on any atom is 0.282 e. The summed E-state index contributed by atoms with van der Waals surface area (Å²) in [5.74, 6) is -0.330. The molecule has 0 aliphatic carbocycles. The van der Waals surface area contributed by atoms with E-state index < -0.39 is 4.92 Å².